The second kappa shape index (κ2) is 5.35. The SMILES string of the molecule is CNCC1(O)CCN(Cc2ccccc2)C1(Cl)Cl. The van der Waals surface area contributed by atoms with Crippen LogP contribution in [0.3, 0.4) is 0 Å². The van der Waals surface area contributed by atoms with Gasteiger partial charge in [-0.25, -0.2) is 0 Å². The average molecular weight is 289 g/mol. The molecule has 18 heavy (non-hydrogen) atoms. The van der Waals surface area contributed by atoms with Crippen LogP contribution in [-0.2, 0) is 6.54 Å². The average Bonchev–Trinajstić information content (AvgIpc) is 2.55. The molecule has 2 N–H and O–H groups in total. The molecule has 1 aliphatic rings. The van der Waals surface area contributed by atoms with Crippen LogP contribution in [0.2, 0.25) is 0 Å². The molecule has 0 aliphatic carbocycles. The zero-order valence-corrected chi connectivity index (χ0v) is 11.9. The lowest BCUT2D eigenvalue weighted by Gasteiger charge is -2.37. The Balaban J connectivity index is 2.12. The highest BCUT2D eigenvalue weighted by Crippen LogP contribution is 2.45. The first-order valence-corrected chi connectivity index (χ1v) is 6.79. The molecule has 1 fully saturated rings. The first-order chi connectivity index (χ1) is 8.49. The molecular formula is C13H18Cl2N2O. The molecule has 2 rings (SSSR count). The van der Waals surface area contributed by atoms with E-state index >= 15 is 0 Å². The van der Waals surface area contributed by atoms with Gasteiger partial charge in [0.25, 0.3) is 0 Å². The van der Waals surface area contributed by atoms with E-state index in [1.54, 1.807) is 7.05 Å². The highest BCUT2D eigenvalue weighted by molar-refractivity contribution is 6.49. The van der Waals surface area contributed by atoms with Gasteiger partial charge < -0.3 is 10.4 Å². The first-order valence-electron chi connectivity index (χ1n) is 6.03. The van der Waals surface area contributed by atoms with Crippen LogP contribution in [0.5, 0.6) is 0 Å². The van der Waals surface area contributed by atoms with E-state index in [0.29, 0.717) is 26.1 Å². The maximum Gasteiger partial charge on any atom is 0.201 e. The summed E-state index contributed by atoms with van der Waals surface area (Å²) < 4.78 is -1.26. The Bertz CT molecular complexity index is 399. The van der Waals surface area contributed by atoms with Crippen LogP contribution in [0, 0.1) is 0 Å². The standard InChI is InChI=1S/C13H18Cl2N2O/c1-16-10-12(18)7-8-17(13(12,14)15)9-11-5-3-2-4-6-11/h2-6,16,18H,7-10H2,1H3. The summed E-state index contributed by atoms with van der Waals surface area (Å²) in [7, 11) is 1.78. The molecule has 5 heteroatoms. The van der Waals surface area contributed by atoms with Gasteiger partial charge in [0.2, 0.25) is 4.46 Å². The smallest absolute Gasteiger partial charge is 0.201 e. The molecule has 0 spiro atoms. The van der Waals surface area contributed by atoms with Crippen molar-refractivity contribution in [3.05, 3.63) is 35.9 Å². The third-order valence-corrected chi connectivity index (χ3v) is 4.62. The van der Waals surface area contributed by atoms with E-state index in [2.05, 4.69) is 5.32 Å². The number of alkyl halides is 2. The largest absolute Gasteiger partial charge is 0.384 e. The number of aliphatic hydroxyl groups is 1. The summed E-state index contributed by atoms with van der Waals surface area (Å²) in [4.78, 5) is 1.91. The van der Waals surface area contributed by atoms with Gasteiger partial charge in [-0.3, -0.25) is 4.90 Å². The number of hydrogen-bond acceptors (Lipinski definition) is 3. The number of likely N-dealkylation sites (N-methyl/N-ethyl adjacent to an activating group) is 1. The number of hydrogen-bond donors (Lipinski definition) is 2. The van der Waals surface area contributed by atoms with Gasteiger partial charge in [0.05, 0.1) is 0 Å². The van der Waals surface area contributed by atoms with Crippen molar-refractivity contribution in [3.8, 4) is 0 Å². The Kier molecular flexibility index (Phi) is 4.19. The lowest BCUT2D eigenvalue weighted by Crippen LogP contribution is -2.54. The summed E-state index contributed by atoms with van der Waals surface area (Å²) >= 11 is 12.7. The maximum absolute atomic E-state index is 10.5. The lowest BCUT2D eigenvalue weighted by molar-refractivity contribution is 0.0179. The summed E-state index contributed by atoms with van der Waals surface area (Å²) in [6, 6.07) is 9.99. The van der Waals surface area contributed by atoms with Crippen molar-refractivity contribution in [1.82, 2.24) is 10.2 Å². The monoisotopic (exact) mass is 288 g/mol. The van der Waals surface area contributed by atoms with Gasteiger partial charge in [0.15, 0.2) is 0 Å². The molecule has 1 heterocycles. The Hall–Kier alpha value is -0.320. The molecule has 0 radical (unpaired) electrons. The fraction of sp³-hybridized carbons (Fsp3) is 0.538. The van der Waals surface area contributed by atoms with Crippen LogP contribution in [0.1, 0.15) is 12.0 Å². The van der Waals surface area contributed by atoms with Gasteiger partial charge in [-0.2, -0.15) is 0 Å². The number of likely N-dealkylation sites (tertiary alicyclic amines) is 1. The van der Waals surface area contributed by atoms with Gasteiger partial charge in [0, 0.05) is 19.6 Å². The van der Waals surface area contributed by atoms with Crippen LogP contribution in [0.25, 0.3) is 0 Å². The number of nitrogens with zero attached hydrogens (tertiary/aromatic N) is 1. The molecule has 1 unspecified atom stereocenters. The van der Waals surface area contributed by atoms with Crippen molar-refractivity contribution in [1.29, 1.82) is 0 Å². The third kappa shape index (κ3) is 2.51. The van der Waals surface area contributed by atoms with Crippen LogP contribution in [-0.4, -0.2) is 40.2 Å². The fourth-order valence-corrected chi connectivity index (χ4v) is 2.99. The summed E-state index contributed by atoms with van der Waals surface area (Å²) in [5.41, 5.74) is 0.0245. The van der Waals surface area contributed by atoms with Crippen LogP contribution in [0.15, 0.2) is 30.3 Å². The number of halogens is 2. The van der Waals surface area contributed by atoms with E-state index in [9.17, 15) is 5.11 Å². The van der Waals surface area contributed by atoms with Gasteiger partial charge in [-0.15, -0.1) is 0 Å². The maximum atomic E-state index is 10.5. The Morgan fingerprint density at radius 3 is 2.61 bits per heavy atom. The van der Waals surface area contributed by atoms with E-state index in [4.69, 9.17) is 23.2 Å². The van der Waals surface area contributed by atoms with Gasteiger partial charge in [-0.1, -0.05) is 53.5 Å². The molecule has 1 atom stereocenters. The van der Waals surface area contributed by atoms with E-state index in [-0.39, 0.29) is 0 Å². The van der Waals surface area contributed by atoms with E-state index < -0.39 is 10.1 Å². The molecule has 3 nitrogen and oxygen atoms in total. The van der Waals surface area contributed by atoms with Crippen molar-refractivity contribution < 1.29 is 5.11 Å². The molecule has 1 aromatic rings. The van der Waals surface area contributed by atoms with E-state index in [1.807, 2.05) is 35.2 Å². The van der Waals surface area contributed by atoms with E-state index in [0.717, 1.165) is 5.56 Å². The highest BCUT2D eigenvalue weighted by atomic mass is 35.5. The van der Waals surface area contributed by atoms with Crippen molar-refractivity contribution in [3.63, 3.8) is 0 Å². The quantitative estimate of drug-likeness (QED) is 0.657. The van der Waals surface area contributed by atoms with E-state index in [1.165, 1.54) is 0 Å². The molecule has 100 valence electrons. The summed E-state index contributed by atoms with van der Waals surface area (Å²) in [6.07, 6.45) is 0.563. The topological polar surface area (TPSA) is 35.5 Å². The van der Waals surface area contributed by atoms with Crippen LogP contribution >= 0.6 is 23.2 Å². The second-order valence-corrected chi connectivity index (χ2v) is 6.05. The molecular weight excluding hydrogens is 271 g/mol. The molecule has 0 saturated carbocycles. The van der Waals surface area contributed by atoms with Crippen molar-refractivity contribution >= 4 is 23.2 Å². The van der Waals surface area contributed by atoms with Crippen LogP contribution < -0.4 is 5.32 Å². The summed E-state index contributed by atoms with van der Waals surface area (Å²) in [5.74, 6) is 0. The van der Waals surface area contributed by atoms with Crippen molar-refractivity contribution in [2.75, 3.05) is 20.1 Å². The third-order valence-electron chi connectivity index (χ3n) is 3.44. The number of rotatable bonds is 4. The Morgan fingerprint density at radius 1 is 1.33 bits per heavy atom. The predicted molar refractivity (Wildman–Crippen MR) is 74.8 cm³/mol. The molecule has 0 amide bonds. The van der Waals surface area contributed by atoms with Gasteiger partial charge >= 0.3 is 0 Å². The lowest BCUT2D eigenvalue weighted by atomic mass is 10.0. The predicted octanol–water partition coefficient (Wildman–Crippen LogP) is 1.97. The van der Waals surface area contributed by atoms with Gasteiger partial charge in [-0.05, 0) is 19.0 Å². The molecule has 1 aromatic carbocycles. The molecule has 0 aromatic heterocycles. The molecule has 0 bridgehead atoms. The molecule has 1 saturated heterocycles. The second-order valence-electron chi connectivity index (χ2n) is 4.76. The zero-order chi connectivity index (χ0) is 13.2. The van der Waals surface area contributed by atoms with Crippen molar-refractivity contribution in [2.45, 2.75) is 23.0 Å². The highest BCUT2D eigenvalue weighted by Gasteiger charge is 2.56. The summed E-state index contributed by atoms with van der Waals surface area (Å²) in [6.45, 7) is 1.70. The number of nitrogens with one attached hydrogen (secondary N) is 1. The zero-order valence-electron chi connectivity index (χ0n) is 10.4. The Labute approximate surface area is 118 Å². The van der Waals surface area contributed by atoms with Crippen molar-refractivity contribution in [2.24, 2.45) is 0 Å². The fourth-order valence-electron chi connectivity index (χ4n) is 2.37. The Morgan fingerprint density at radius 2 is 2.00 bits per heavy atom. The first kappa shape index (κ1) is 14.1. The minimum atomic E-state index is -1.26. The summed E-state index contributed by atoms with van der Waals surface area (Å²) in [5, 5.41) is 13.4. The molecule has 1 aliphatic heterocycles. The normalized spacial score (nSPS) is 27.6. The number of benzene rings is 1. The van der Waals surface area contributed by atoms with Crippen LogP contribution in [0.4, 0.5) is 0 Å². The van der Waals surface area contributed by atoms with Gasteiger partial charge in [0.1, 0.15) is 5.60 Å². The minimum Gasteiger partial charge on any atom is -0.384 e. The minimum absolute atomic E-state index is 0.380.